The monoisotopic (exact) mass is 305 g/mol. The molecule has 0 heterocycles. The first kappa shape index (κ1) is 17.1. The fourth-order valence-electron chi connectivity index (χ4n) is 2.60. The number of aryl methyl sites for hydroxylation is 2. The van der Waals surface area contributed by atoms with E-state index in [1.54, 1.807) is 0 Å². The average Bonchev–Trinajstić information content (AvgIpc) is 2.53. The van der Waals surface area contributed by atoms with Crippen LogP contribution >= 0.6 is 0 Å². The number of rotatable bonds is 5. The molecular weight excluding hydrogens is 278 g/mol. The third kappa shape index (κ3) is 4.13. The van der Waals surface area contributed by atoms with Crippen molar-refractivity contribution in [2.45, 2.75) is 41.2 Å². The molecule has 1 nitrogen and oxygen atoms in total. The van der Waals surface area contributed by atoms with E-state index in [-0.39, 0.29) is 0 Å². The van der Waals surface area contributed by atoms with E-state index in [1.165, 1.54) is 33.4 Å². The van der Waals surface area contributed by atoms with Crippen LogP contribution in [0.2, 0.25) is 0 Å². The molecule has 0 aromatic heterocycles. The minimum atomic E-state index is 0.802. The highest BCUT2D eigenvalue weighted by Crippen LogP contribution is 2.25. The van der Waals surface area contributed by atoms with Crippen molar-refractivity contribution in [1.29, 1.82) is 0 Å². The van der Waals surface area contributed by atoms with E-state index >= 15 is 0 Å². The molecule has 0 aliphatic carbocycles. The molecule has 23 heavy (non-hydrogen) atoms. The van der Waals surface area contributed by atoms with Gasteiger partial charge in [0.25, 0.3) is 0 Å². The third-order valence-corrected chi connectivity index (χ3v) is 4.49. The highest BCUT2D eigenvalue weighted by atomic mass is 14.9. The lowest BCUT2D eigenvalue weighted by Crippen LogP contribution is -2.12. The Hall–Kier alpha value is -2.28. The summed E-state index contributed by atoms with van der Waals surface area (Å²) >= 11 is 0. The van der Waals surface area contributed by atoms with Crippen molar-refractivity contribution >= 4 is 11.3 Å². The van der Waals surface area contributed by atoms with Gasteiger partial charge in [0, 0.05) is 12.2 Å². The molecule has 0 atom stereocenters. The number of hydrogen-bond donors (Lipinski definition) is 1. The van der Waals surface area contributed by atoms with Gasteiger partial charge in [-0.05, 0) is 74.1 Å². The van der Waals surface area contributed by atoms with Gasteiger partial charge in [0.05, 0.1) is 0 Å². The second kappa shape index (κ2) is 7.32. The van der Waals surface area contributed by atoms with Gasteiger partial charge in [-0.15, -0.1) is 0 Å². The first-order chi connectivity index (χ1) is 10.9. The van der Waals surface area contributed by atoms with Crippen LogP contribution in [0.15, 0.2) is 54.6 Å². The number of allylic oxidation sites excluding steroid dienone is 2. The number of benzene rings is 2. The molecular formula is C22H27N. The lowest BCUT2D eigenvalue weighted by atomic mass is 9.95. The molecule has 0 bridgehead atoms. The first-order valence-electron chi connectivity index (χ1n) is 8.13. The van der Waals surface area contributed by atoms with E-state index in [9.17, 15) is 0 Å². The fraction of sp³-hybridized carbons (Fsp3) is 0.273. The molecule has 0 spiro atoms. The molecule has 0 saturated heterocycles. The largest absolute Gasteiger partial charge is 0.381 e. The summed E-state index contributed by atoms with van der Waals surface area (Å²) in [6.07, 6.45) is 0. The Morgan fingerprint density at radius 1 is 0.957 bits per heavy atom. The Kier molecular flexibility index (Phi) is 5.44. The van der Waals surface area contributed by atoms with E-state index in [0.29, 0.717) is 0 Å². The maximum absolute atomic E-state index is 4.22. The summed E-state index contributed by atoms with van der Waals surface area (Å²) in [4.78, 5) is 0. The minimum absolute atomic E-state index is 0.802. The van der Waals surface area contributed by atoms with Gasteiger partial charge in [-0.1, -0.05) is 48.6 Å². The van der Waals surface area contributed by atoms with E-state index in [2.05, 4.69) is 89.0 Å². The molecule has 1 heteroatoms. The summed E-state index contributed by atoms with van der Waals surface area (Å²) in [6.45, 7) is 15.8. The Bertz CT molecular complexity index is 746. The smallest absolute Gasteiger partial charge is 0.0403 e. The van der Waals surface area contributed by atoms with E-state index in [1.807, 2.05) is 0 Å². The van der Waals surface area contributed by atoms with E-state index in [4.69, 9.17) is 0 Å². The molecule has 0 amide bonds. The summed E-state index contributed by atoms with van der Waals surface area (Å²) in [7, 11) is 0. The van der Waals surface area contributed by atoms with Gasteiger partial charge in [0.1, 0.15) is 0 Å². The standard InChI is InChI=1S/C22H27N/c1-15(2)18(5)22-13-20(12-11-17(22)4)19(6)23-14-21-10-8-7-9-16(21)3/h7-13,23H,6,14H2,1-5H3. The highest BCUT2D eigenvalue weighted by Gasteiger charge is 2.06. The van der Waals surface area contributed by atoms with Gasteiger partial charge in [-0.3, -0.25) is 0 Å². The molecule has 2 rings (SSSR count). The summed E-state index contributed by atoms with van der Waals surface area (Å²) in [5.41, 5.74) is 10.0. The zero-order valence-corrected chi connectivity index (χ0v) is 15.0. The van der Waals surface area contributed by atoms with Gasteiger partial charge in [-0.2, -0.15) is 0 Å². The Labute approximate surface area is 140 Å². The predicted molar refractivity (Wildman–Crippen MR) is 102 cm³/mol. The Balaban J connectivity index is 2.19. The Morgan fingerprint density at radius 3 is 2.30 bits per heavy atom. The summed E-state index contributed by atoms with van der Waals surface area (Å²) in [5.74, 6) is 0. The van der Waals surface area contributed by atoms with Crippen LogP contribution in [0.3, 0.4) is 0 Å². The lowest BCUT2D eigenvalue weighted by Gasteiger charge is -2.15. The third-order valence-electron chi connectivity index (χ3n) is 4.49. The fourth-order valence-corrected chi connectivity index (χ4v) is 2.60. The second-order valence-corrected chi connectivity index (χ2v) is 6.41. The van der Waals surface area contributed by atoms with E-state index in [0.717, 1.165) is 17.8 Å². The maximum atomic E-state index is 4.22. The van der Waals surface area contributed by atoms with E-state index < -0.39 is 0 Å². The van der Waals surface area contributed by atoms with Crippen LogP contribution in [-0.4, -0.2) is 0 Å². The summed E-state index contributed by atoms with van der Waals surface area (Å²) in [6, 6.07) is 15.0. The molecule has 2 aromatic carbocycles. The number of nitrogens with one attached hydrogen (secondary N) is 1. The molecule has 0 aliphatic heterocycles. The predicted octanol–water partition coefficient (Wildman–Crippen LogP) is 5.88. The first-order valence-corrected chi connectivity index (χ1v) is 8.13. The SMILES string of the molecule is C=C(NCc1ccccc1C)c1ccc(C)c(C(C)=C(C)C)c1. The highest BCUT2D eigenvalue weighted by molar-refractivity contribution is 5.73. The lowest BCUT2D eigenvalue weighted by molar-refractivity contribution is 0.883. The van der Waals surface area contributed by atoms with Crippen molar-refractivity contribution in [3.05, 3.63) is 82.4 Å². The van der Waals surface area contributed by atoms with Crippen LogP contribution in [-0.2, 0) is 6.54 Å². The molecule has 0 radical (unpaired) electrons. The van der Waals surface area contributed by atoms with Gasteiger partial charge in [0.2, 0.25) is 0 Å². The van der Waals surface area contributed by atoms with Gasteiger partial charge < -0.3 is 5.32 Å². The minimum Gasteiger partial charge on any atom is -0.381 e. The zero-order valence-electron chi connectivity index (χ0n) is 15.0. The molecule has 0 fully saturated rings. The molecule has 2 aromatic rings. The van der Waals surface area contributed by atoms with Gasteiger partial charge in [0.15, 0.2) is 0 Å². The average molecular weight is 305 g/mol. The van der Waals surface area contributed by atoms with Crippen molar-refractivity contribution < 1.29 is 0 Å². The van der Waals surface area contributed by atoms with Crippen LogP contribution in [0.1, 0.15) is 48.6 Å². The second-order valence-electron chi connectivity index (χ2n) is 6.41. The van der Waals surface area contributed by atoms with Crippen molar-refractivity contribution in [2.75, 3.05) is 0 Å². The van der Waals surface area contributed by atoms with Crippen LogP contribution in [0.5, 0.6) is 0 Å². The number of hydrogen-bond acceptors (Lipinski definition) is 1. The van der Waals surface area contributed by atoms with Crippen LogP contribution in [0, 0.1) is 13.8 Å². The van der Waals surface area contributed by atoms with Gasteiger partial charge >= 0.3 is 0 Å². The molecule has 0 saturated carbocycles. The summed E-state index contributed by atoms with van der Waals surface area (Å²) < 4.78 is 0. The van der Waals surface area contributed by atoms with Crippen LogP contribution < -0.4 is 5.32 Å². The van der Waals surface area contributed by atoms with Crippen molar-refractivity contribution in [2.24, 2.45) is 0 Å². The quantitative estimate of drug-likeness (QED) is 0.727. The molecule has 0 unspecified atom stereocenters. The van der Waals surface area contributed by atoms with Crippen LogP contribution in [0.25, 0.3) is 11.3 Å². The van der Waals surface area contributed by atoms with Crippen LogP contribution in [0.4, 0.5) is 0 Å². The van der Waals surface area contributed by atoms with Crippen molar-refractivity contribution in [1.82, 2.24) is 5.32 Å². The van der Waals surface area contributed by atoms with Crippen molar-refractivity contribution in [3.63, 3.8) is 0 Å². The molecule has 0 aliphatic rings. The molecule has 120 valence electrons. The topological polar surface area (TPSA) is 12.0 Å². The Morgan fingerprint density at radius 2 is 1.65 bits per heavy atom. The summed E-state index contributed by atoms with van der Waals surface area (Å²) in [5, 5.41) is 3.46. The normalized spacial score (nSPS) is 10.3. The van der Waals surface area contributed by atoms with Crippen molar-refractivity contribution in [3.8, 4) is 0 Å². The van der Waals surface area contributed by atoms with Gasteiger partial charge in [-0.25, -0.2) is 0 Å². The molecule has 1 N–H and O–H groups in total. The maximum Gasteiger partial charge on any atom is 0.0403 e. The zero-order chi connectivity index (χ0) is 17.0.